The van der Waals surface area contributed by atoms with E-state index in [0.717, 1.165) is 138 Å². The van der Waals surface area contributed by atoms with Gasteiger partial charge in [0.15, 0.2) is 0 Å². The van der Waals surface area contributed by atoms with Crippen LogP contribution in [0.4, 0.5) is 0 Å². The van der Waals surface area contributed by atoms with E-state index >= 15 is 0 Å². The molecular weight excluding hydrogens is 961 g/mol. The van der Waals surface area contributed by atoms with Crippen molar-refractivity contribution < 1.29 is 0 Å². The minimum Gasteiger partial charge on any atom is -0.255 e. The fraction of sp³-hybridized carbons (Fsp3) is 0.151. The van der Waals surface area contributed by atoms with Gasteiger partial charge in [-0.25, -0.2) is 9.97 Å². The van der Waals surface area contributed by atoms with Crippen LogP contribution in [0.3, 0.4) is 0 Å². The predicted octanol–water partition coefficient (Wildman–Crippen LogP) is 15.4. The highest BCUT2D eigenvalue weighted by molar-refractivity contribution is 5.83. The fourth-order valence-corrected chi connectivity index (χ4v) is 10.7. The van der Waals surface area contributed by atoms with E-state index in [1.54, 1.807) is 24.8 Å². The second-order valence-electron chi connectivity index (χ2n) is 20.2. The average molecular weight is 1020 g/mol. The highest BCUT2D eigenvalue weighted by Crippen LogP contribution is 2.54. The minimum absolute atomic E-state index is 0.139. The third-order valence-electron chi connectivity index (χ3n) is 14.6. The Balaban J connectivity index is 0.850. The first-order chi connectivity index (χ1) is 38.6. The Hall–Kier alpha value is -9.98. The summed E-state index contributed by atoms with van der Waals surface area (Å²) in [7, 11) is 0. The maximum Gasteiger partial charge on any atom is 0.0906 e. The molecule has 0 bridgehead atoms. The first-order valence-corrected chi connectivity index (χ1v) is 26.9. The zero-order valence-corrected chi connectivity index (χ0v) is 45.3. The van der Waals surface area contributed by atoms with Gasteiger partial charge in [0.1, 0.15) is 0 Å². The second kappa shape index (κ2) is 22.7. The molecule has 0 radical (unpaired) electrons. The van der Waals surface area contributed by atoms with Crippen LogP contribution in [0, 0.1) is 75.1 Å². The van der Waals surface area contributed by atoms with E-state index in [-0.39, 0.29) is 5.41 Å². The van der Waals surface area contributed by atoms with Crippen LogP contribution in [0.5, 0.6) is 0 Å². The summed E-state index contributed by atoms with van der Waals surface area (Å²) in [6.07, 6.45) is 11.3. The topological polar surface area (TPSA) is 77.3 Å². The molecule has 11 rings (SSSR count). The van der Waals surface area contributed by atoms with E-state index < -0.39 is 0 Å². The molecule has 0 fully saturated rings. The van der Waals surface area contributed by atoms with Crippen molar-refractivity contribution >= 4 is 0 Å². The Labute approximate surface area is 464 Å². The zero-order chi connectivity index (χ0) is 54.3. The summed E-state index contributed by atoms with van der Waals surface area (Å²) in [4.78, 5) is 28.0. The molecule has 0 saturated carbocycles. The standard InChI is InChI=1S/C73H56N6/c1-7-33-73(34-8-2)63-43-53(21-27-57-39-51(5)59(41-49(57)3)29-23-55-45-69(65-17-9-13-35-74-65)78-70(46-55)66-18-10-14-36-75-66)25-31-61(63)62-32-26-54(44-64(62)73)22-28-58-40-52(6)60(42-50(58)4)30-24-56-47-71(67-19-11-15-37-76-67)79-72(48-56)68-20-12-16-38-77-68/h9-20,25-26,31-32,35-48H,7-8,33-34H2,1-6H3. The number of fused-ring (bicyclic) bond motifs is 3. The number of aromatic nitrogens is 6. The molecule has 0 aliphatic heterocycles. The maximum atomic E-state index is 4.90. The lowest BCUT2D eigenvalue weighted by Crippen LogP contribution is -2.25. The molecule has 6 heteroatoms. The summed E-state index contributed by atoms with van der Waals surface area (Å²) in [5.74, 6) is 28.1. The maximum absolute atomic E-state index is 4.90. The summed E-state index contributed by atoms with van der Waals surface area (Å²) < 4.78 is 0. The van der Waals surface area contributed by atoms with Crippen LogP contribution in [-0.4, -0.2) is 29.9 Å². The molecule has 6 nitrogen and oxygen atoms in total. The van der Waals surface area contributed by atoms with Crippen LogP contribution < -0.4 is 0 Å². The first kappa shape index (κ1) is 51.1. The lowest BCUT2D eigenvalue weighted by atomic mass is 9.71. The van der Waals surface area contributed by atoms with E-state index in [2.05, 4.69) is 170 Å². The van der Waals surface area contributed by atoms with Gasteiger partial charge in [-0.2, -0.15) is 0 Å². The highest BCUT2D eigenvalue weighted by atomic mass is 14.8. The fourth-order valence-electron chi connectivity index (χ4n) is 10.7. The van der Waals surface area contributed by atoms with Gasteiger partial charge in [-0.15, -0.1) is 0 Å². The molecule has 0 N–H and O–H groups in total. The Kier molecular flexibility index (Phi) is 14.7. The van der Waals surface area contributed by atoms with Crippen LogP contribution in [0.25, 0.3) is 56.7 Å². The molecule has 1 aliphatic carbocycles. The van der Waals surface area contributed by atoms with Crippen molar-refractivity contribution in [1.29, 1.82) is 0 Å². The average Bonchev–Trinajstić information content (AvgIpc) is 3.89. The Morgan fingerprint density at radius 3 is 0.899 bits per heavy atom. The van der Waals surface area contributed by atoms with Gasteiger partial charge >= 0.3 is 0 Å². The molecule has 0 amide bonds. The van der Waals surface area contributed by atoms with Gasteiger partial charge in [0.2, 0.25) is 0 Å². The summed E-state index contributed by atoms with van der Waals surface area (Å²) in [5.41, 5.74) is 23.2. The third kappa shape index (κ3) is 11.0. The number of aryl methyl sites for hydroxylation is 4. The van der Waals surface area contributed by atoms with Gasteiger partial charge in [0.05, 0.1) is 45.6 Å². The SMILES string of the molecule is CCCC1(CCC)c2cc(C#Cc3cc(C)c(C#Cc4cc(-c5ccccn5)nc(-c5ccccn5)c4)cc3C)ccc2-c2ccc(C#Cc3cc(C)c(C#Cc4cc(-c5ccccn5)nc(-c5ccccn5)c4)cc3C)cc21. The Bertz CT molecular complexity index is 3820. The highest BCUT2D eigenvalue weighted by Gasteiger charge is 2.42. The van der Waals surface area contributed by atoms with Gasteiger partial charge in [0.25, 0.3) is 0 Å². The Morgan fingerprint density at radius 2 is 0.620 bits per heavy atom. The predicted molar refractivity (Wildman–Crippen MR) is 320 cm³/mol. The molecule has 0 saturated heterocycles. The van der Waals surface area contributed by atoms with Gasteiger partial charge in [-0.3, -0.25) is 19.9 Å². The van der Waals surface area contributed by atoms with Crippen molar-refractivity contribution in [1.82, 2.24) is 29.9 Å². The molecule has 4 aromatic carbocycles. The van der Waals surface area contributed by atoms with Crippen molar-refractivity contribution in [2.75, 3.05) is 0 Å². The molecule has 6 heterocycles. The van der Waals surface area contributed by atoms with Crippen LogP contribution in [0.15, 0.2) is 183 Å². The quantitative estimate of drug-likeness (QED) is 0.141. The van der Waals surface area contributed by atoms with Crippen molar-refractivity contribution in [3.63, 3.8) is 0 Å². The minimum atomic E-state index is -0.139. The number of rotatable bonds is 8. The van der Waals surface area contributed by atoms with Crippen LogP contribution >= 0.6 is 0 Å². The van der Waals surface area contributed by atoms with E-state index in [1.807, 2.05) is 97.1 Å². The number of benzene rings is 4. The first-order valence-electron chi connectivity index (χ1n) is 26.9. The smallest absolute Gasteiger partial charge is 0.0906 e. The Morgan fingerprint density at radius 1 is 0.316 bits per heavy atom. The van der Waals surface area contributed by atoms with Crippen molar-refractivity contribution in [2.45, 2.75) is 72.6 Å². The van der Waals surface area contributed by atoms with Crippen molar-refractivity contribution in [2.24, 2.45) is 0 Å². The molecule has 6 aromatic heterocycles. The normalized spacial score (nSPS) is 11.6. The molecule has 10 aromatic rings. The van der Waals surface area contributed by atoms with Crippen LogP contribution in [0.1, 0.15) is 117 Å². The number of nitrogens with zero attached hydrogens (tertiary/aromatic N) is 6. The van der Waals surface area contributed by atoms with E-state index in [0.29, 0.717) is 0 Å². The van der Waals surface area contributed by atoms with Gasteiger partial charge in [-0.05, 0) is 206 Å². The van der Waals surface area contributed by atoms with Crippen LogP contribution in [-0.2, 0) is 5.41 Å². The van der Waals surface area contributed by atoms with E-state index in [4.69, 9.17) is 9.97 Å². The zero-order valence-electron chi connectivity index (χ0n) is 45.3. The largest absolute Gasteiger partial charge is 0.255 e. The summed E-state index contributed by atoms with van der Waals surface area (Å²) >= 11 is 0. The molecule has 0 atom stereocenters. The molecule has 79 heavy (non-hydrogen) atoms. The lowest BCUT2D eigenvalue weighted by molar-refractivity contribution is 0.435. The summed E-state index contributed by atoms with van der Waals surface area (Å²) in [6, 6.07) is 53.6. The molecule has 0 unspecified atom stereocenters. The number of hydrogen-bond donors (Lipinski definition) is 0. The van der Waals surface area contributed by atoms with Crippen molar-refractivity contribution in [3.8, 4) is 104 Å². The van der Waals surface area contributed by atoms with Crippen molar-refractivity contribution in [3.05, 3.63) is 260 Å². The summed E-state index contributed by atoms with van der Waals surface area (Å²) in [6.45, 7) is 13.0. The molecule has 1 aliphatic rings. The van der Waals surface area contributed by atoms with Gasteiger partial charge in [-0.1, -0.05) is 110 Å². The summed E-state index contributed by atoms with van der Waals surface area (Å²) in [5, 5.41) is 0. The number of hydrogen-bond acceptors (Lipinski definition) is 6. The molecule has 0 spiro atoms. The van der Waals surface area contributed by atoms with E-state index in [9.17, 15) is 0 Å². The van der Waals surface area contributed by atoms with Gasteiger partial charge in [0, 0.05) is 74.7 Å². The number of pyridine rings is 6. The lowest BCUT2D eigenvalue weighted by Gasteiger charge is -2.32. The molecular formula is C73H56N6. The second-order valence-corrected chi connectivity index (χ2v) is 20.2. The monoisotopic (exact) mass is 1020 g/mol. The van der Waals surface area contributed by atoms with E-state index in [1.165, 1.54) is 22.3 Å². The third-order valence-corrected chi connectivity index (χ3v) is 14.6. The van der Waals surface area contributed by atoms with Gasteiger partial charge < -0.3 is 0 Å². The van der Waals surface area contributed by atoms with Crippen LogP contribution in [0.2, 0.25) is 0 Å². The molecule has 378 valence electrons.